The second-order valence-electron chi connectivity index (χ2n) is 6.00. The summed E-state index contributed by atoms with van der Waals surface area (Å²) in [6, 6.07) is 17.4. The first-order valence-corrected chi connectivity index (χ1v) is 8.26. The highest BCUT2D eigenvalue weighted by Crippen LogP contribution is 2.32. The van der Waals surface area contributed by atoms with Crippen molar-refractivity contribution >= 4 is 21.8 Å². The first-order chi connectivity index (χ1) is 11.8. The predicted octanol–water partition coefficient (Wildman–Crippen LogP) is 5.02. The maximum Gasteiger partial charge on any atom is 0.0713 e. The zero-order chi connectivity index (χ0) is 16.5. The molecule has 0 saturated carbocycles. The molecule has 0 bridgehead atoms. The van der Waals surface area contributed by atoms with Crippen LogP contribution in [-0.4, -0.2) is 16.7 Å². The van der Waals surface area contributed by atoms with E-state index in [4.69, 9.17) is 4.74 Å². The van der Waals surface area contributed by atoms with Gasteiger partial charge in [0.25, 0.3) is 0 Å². The smallest absolute Gasteiger partial charge is 0.0713 e. The topological polar surface area (TPSA) is 27.1 Å². The Hall–Kier alpha value is -2.65. The summed E-state index contributed by atoms with van der Waals surface area (Å²) in [5.41, 5.74) is 6.10. The lowest BCUT2D eigenvalue weighted by molar-refractivity contribution is 0.185. The molecule has 3 nitrogen and oxygen atoms in total. The van der Waals surface area contributed by atoms with Crippen LogP contribution in [0.1, 0.15) is 12.5 Å². The summed E-state index contributed by atoms with van der Waals surface area (Å²) in [4.78, 5) is 4.29. The van der Waals surface area contributed by atoms with Crippen molar-refractivity contribution in [1.82, 2.24) is 9.55 Å². The van der Waals surface area contributed by atoms with E-state index in [9.17, 15) is 0 Å². The third-order valence-electron chi connectivity index (χ3n) is 4.56. The molecular weight excluding hydrogens is 296 g/mol. The molecule has 0 aliphatic heterocycles. The van der Waals surface area contributed by atoms with Crippen LogP contribution in [0.5, 0.6) is 0 Å². The fraction of sp³-hybridized carbons (Fsp3) is 0.190. The van der Waals surface area contributed by atoms with E-state index in [-0.39, 0.29) is 0 Å². The van der Waals surface area contributed by atoms with E-state index >= 15 is 0 Å². The van der Waals surface area contributed by atoms with Gasteiger partial charge in [0, 0.05) is 36.1 Å². The quantitative estimate of drug-likeness (QED) is 0.528. The Labute approximate surface area is 141 Å². The van der Waals surface area contributed by atoms with Gasteiger partial charge in [-0.15, -0.1) is 0 Å². The molecule has 120 valence electrons. The second kappa shape index (κ2) is 6.10. The van der Waals surface area contributed by atoms with E-state index in [1.165, 1.54) is 38.5 Å². The number of ether oxygens (including phenoxy) is 1. The van der Waals surface area contributed by atoms with Gasteiger partial charge in [0.2, 0.25) is 0 Å². The van der Waals surface area contributed by atoms with Gasteiger partial charge in [-0.2, -0.15) is 0 Å². The lowest BCUT2D eigenvalue weighted by atomic mass is 10.0. The zero-order valence-electron chi connectivity index (χ0n) is 14.0. The van der Waals surface area contributed by atoms with Crippen molar-refractivity contribution in [3.63, 3.8) is 0 Å². The van der Waals surface area contributed by atoms with Crippen molar-refractivity contribution in [3.05, 3.63) is 66.5 Å². The minimum absolute atomic E-state index is 0.636. The molecule has 2 aromatic heterocycles. The van der Waals surface area contributed by atoms with Crippen LogP contribution in [0, 0.1) is 0 Å². The van der Waals surface area contributed by atoms with Crippen LogP contribution in [-0.2, 0) is 17.9 Å². The Balaban J connectivity index is 1.92. The maximum atomic E-state index is 5.25. The normalized spacial score (nSPS) is 11.4. The summed E-state index contributed by atoms with van der Waals surface area (Å²) >= 11 is 0. The molecule has 0 amide bonds. The van der Waals surface area contributed by atoms with Gasteiger partial charge < -0.3 is 9.30 Å². The molecule has 2 heterocycles. The number of aromatic nitrogens is 2. The van der Waals surface area contributed by atoms with Gasteiger partial charge in [-0.1, -0.05) is 24.3 Å². The van der Waals surface area contributed by atoms with Crippen molar-refractivity contribution in [3.8, 4) is 11.1 Å². The molecule has 0 aliphatic carbocycles. The van der Waals surface area contributed by atoms with E-state index in [0.717, 1.165) is 6.54 Å². The highest BCUT2D eigenvalue weighted by Gasteiger charge is 2.10. The van der Waals surface area contributed by atoms with Crippen molar-refractivity contribution < 1.29 is 4.74 Å². The first kappa shape index (κ1) is 14.9. The van der Waals surface area contributed by atoms with Crippen molar-refractivity contribution in [2.45, 2.75) is 20.1 Å². The Morgan fingerprint density at radius 3 is 2.67 bits per heavy atom. The van der Waals surface area contributed by atoms with Gasteiger partial charge in [-0.05, 0) is 47.9 Å². The van der Waals surface area contributed by atoms with Crippen molar-refractivity contribution in [1.29, 1.82) is 0 Å². The predicted molar refractivity (Wildman–Crippen MR) is 99.1 cm³/mol. The van der Waals surface area contributed by atoms with E-state index < -0.39 is 0 Å². The number of methoxy groups -OCH3 is 1. The molecule has 0 atom stereocenters. The number of fused-ring (bicyclic) bond motifs is 3. The molecule has 3 heteroatoms. The highest BCUT2D eigenvalue weighted by atomic mass is 16.5. The summed E-state index contributed by atoms with van der Waals surface area (Å²) in [7, 11) is 1.73. The van der Waals surface area contributed by atoms with Crippen LogP contribution in [0.2, 0.25) is 0 Å². The Morgan fingerprint density at radius 2 is 1.83 bits per heavy atom. The van der Waals surface area contributed by atoms with Crippen LogP contribution < -0.4 is 0 Å². The number of pyridine rings is 1. The number of hydrogen-bond donors (Lipinski definition) is 0. The van der Waals surface area contributed by atoms with Crippen LogP contribution in [0.25, 0.3) is 32.9 Å². The third kappa shape index (κ3) is 2.38. The standard InChI is InChI=1S/C21H20N2O/c1-3-23-20-8-7-17(16-6-4-5-15(11-16)14-24-2)12-19(20)18-9-10-22-13-21(18)23/h4-13H,3,14H2,1-2H3. The number of benzene rings is 2. The summed E-state index contributed by atoms with van der Waals surface area (Å²) in [6.07, 6.45) is 3.82. The van der Waals surface area contributed by atoms with E-state index in [1.807, 2.05) is 12.4 Å². The van der Waals surface area contributed by atoms with Crippen LogP contribution >= 0.6 is 0 Å². The third-order valence-corrected chi connectivity index (χ3v) is 4.56. The molecule has 24 heavy (non-hydrogen) atoms. The molecule has 2 aromatic carbocycles. The summed E-state index contributed by atoms with van der Waals surface area (Å²) in [5, 5.41) is 2.54. The van der Waals surface area contributed by atoms with Gasteiger partial charge in [0.05, 0.1) is 18.3 Å². The zero-order valence-corrected chi connectivity index (χ0v) is 14.0. The van der Waals surface area contributed by atoms with Crippen LogP contribution in [0.3, 0.4) is 0 Å². The van der Waals surface area contributed by atoms with E-state index in [2.05, 4.69) is 65.0 Å². The Kier molecular flexibility index (Phi) is 3.79. The molecule has 4 aromatic rings. The highest BCUT2D eigenvalue weighted by molar-refractivity contribution is 6.09. The van der Waals surface area contributed by atoms with Crippen LogP contribution in [0.4, 0.5) is 0 Å². The molecule has 0 N–H and O–H groups in total. The molecule has 0 fully saturated rings. The molecule has 4 rings (SSSR count). The number of hydrogen-bond acceptors (Lipinski definition) is 2. The van der Waals surface area contributed by atoms with Gasteiger partial charge in [-0.25, -0.2) is 0 Å². The summed E-state index contributed by atoms with van der Waals surface area (Å²) in [5.74, 6) is 0. The average molecular weight is 316 g/mol. The Morgan fingerprint density at radius 1 is 0.958 bits per heavy atom. The first-order valence-electron chi connectivity index (χ1n) is 8.26. The average Bonchev–Trinajstić information content (AvgIpc) is 2.95. The maximum absolute atomic E-state index is 5.25. The largest absolute Gasteiger partial charge is 0.380 e. The lowest BCUT2D eigenvalue weighted by Gasteiger charge is -2.07. The van der Waals surface area contributed by atoms with Crippen LogP contribution in [0.15, 0.2) is 60.9 Å². The molecule has 0 saturated heterocycles. The van der Waals surface area contributed by atoms with E-state index in [0.29, 0.717) is 6.61 Å². The fourth-order valence-corrected chi connectivity index (χ4v) is 3.47. The molecule has 0 aliphatic rings. The second-order valence-corrected chi connectivity index (χ2v) is 6.00. The Bertz CT molecular complexity index is 1020. The van der Waals surface area contributed by atoms with Crippen molar-refractivity contribution in [2.24, 2.45) is 0 Å². The SMILES string of the molecule is CCn1c2ccc(-c3cccc(COC)c3)cc2c2ccncc21. The minimum atomic E-state index is 0.636. The molecule has 0 unspecified atom stereocenters. The number of rotatable bonds is 4. The molecule has 0 spiro atoms. The number of aryl methyl sites for hydroxylation is 1. The number of nitrogens with zero attached hydrogens (tertiary/aromatic N) is 2. The van der Waals surface area contributed by atoms with Crippen molar-refractivity contribution in [2.75, 3.05) is 7.11 Å². The van der Waals surface area contributed by atoms with Gasteiger partial charge in [0.1, 0.15) is 0 Å². The lowest BCUT2D eigenvalue weighted by Crippen LogP contribution is -1.93. The summed E-state index contributed by atoms with van der Waals surface area (Å²) < 4.78 is 7.58. The summed E-state index contributed by atoms with van der Waals surface area (Å²) in [6.45, 7) is 3.75. The van der Waals surface area contributed by atoms with E-state index in [1.54, 1.807) is 7.11 Å². The molecular formula is C21H20N2O. The van der Waals surface area contributed by atoms with Gasteiger partial charge >= 0.3 is 0 Å². The monoisotopic (exact) mass is 316 g/mol. The molecule has 0 radical (unpaired) electrons. The fourth-order valence-electron chi connectivity index (χ4n) is 3.47. The van der Waals surface area contributed by atoms with Gasteiger partial charge in [-0.3, -0.25) is 4.98 Å². The minimum Gasteiger partial charge on any atom is -0.380 e. The van der Waals surface area contributed by atoms with Gasteiger partial charge in [0.15, 0.2) is 0 Å².